The quantitative estimate of drug-likeness (QED) is 0.0271. The Labute approximate surface area is 362 Å². The third kappa shape index (κ3) is 19.9. The number of nitrogens with two attached hydrogens (primary N) is 3. The molecule has 0 unspecified atom stereocenters. The number of guanidine groups is 1. The molecule has 1 rings (SSSR count). The summed E-state index contributed by atoms with van der Waals surface area (Å²) in [5, 5.41) is 27.5. The van der Waals surface area contributed by atoms with Crippen molar-refractivity contribution < 1.29 is 48.3 Å². The van der Waals surface area contributed by atoms with Crippen LogP contribution in [0.5, 0.6) is 0 Å². The third-order valence-corrected chi connectivity index (χ3v) is 9.71. The van der Waals surface area contributed by atoms with Gasteiger partial charge in [0.15, 0.2) is 5.96 Å². The molecule has 0 bridgehead atoms. The van der Waals surface area contributed by atoms with Crippen molar-refractivity contribution in [2.75, 3.05) is 6.54 Å². The van der Waals surface area contributed by atoms with Crippen molar-refractivity contribution in [1.29, 1.82) is 0 Å². The van der Waals surface area contributed by atoms with Crippen molar-refractivity contribution in [2.45, 2.75) is 136 Å². The van der Waals surface area contributed by atoms with Crippen LogP contribution in [0.3, 0.4) is 0 Å². The Morgan fingerprint density at radius 1 is 0.645 bits per heavy atom. The van der Waals surface area contributed by atoms with Crippen molar-refractivity contribution in [2.24, 2.45) is 39.9 Å². The molecule has 0 aliphatic rings. The molecule has 346 valence electrons. The lowest BCUT2D eigenvalue weighted by Gasteiger charge is -2.28. The lowest BCUT2D eigenvalue weighted by atomic mass is 9.98. The summed E-state index contributed by atoms with van der Waals surface area (Å²) < 4.78 is 0. The van der Waals surface area contributed by atoms with Gasteiger partial charge in [0.05, 0.1) is 6.42 Å². The molecular formula is C41H67N11O10. The number of carboxylic acids is 1. The topological polar surface area (TPSA) is 348 Å². The van der Waals surface area contributed by atoms with Crippen molar-refractivity contribution >= 4 is 59.2 Å². The van der Waals surface area contributed by atoms with E-state index in [1.807, 2.05) is 13.8 Å². The highest BCUT2D eigenvalue weighted by atomic mass is 16.4. The van der Waals surface area contributed by atoms with Gasteiger partial charge in [-0.05, 0) is 49.5 Å². The van der Waals surface area contributed by atoms with Crippen LogP contribution in [-0.4, -0.2) is 113 Å². The lowest BCUT2D eigenvalue weighted by Crippen LogP contribution is -2.60. The number of benzene rings is 1. The van der Waals surface area contributed by atoms with Crippen LogP contribution in [-0.2, 0) is 49.6 Å². The van der Waals surface area contributed by atoms with E-state index in [1.165, 1.54) is 13.8 Å². The Morgan fingerprint density at radius 2 is 1.18 bits per heavy atom. The van der Waals surface area contributed by atoms with Crippen molar-refractivity contribution in [3.8, 4) is 0 Å². The molecule has 1 aromatic rings. The van der Waals surface area contributed by atoms with Crippen molar-refractivity contribution in [1.82, 2.24) is 37.2 Å². The number of amides is 8. The van der Waals surface area contributed by atoms with E-state index in [0.717, 1.165) is 0 Å². The number of rotatable bonds is 27. The monoisotopic (exact) mass is 874 g/mol. The summed E-state index contributed by atoms with van der Waals surface area (Å²) in [5.41, 5.74) is 16.8. The average molecular weight is 874 g/mol. The number of primary amides is 1. The zero-order valence-electron chi connectivity index (χ0n) is 36.9. The van der Waals surface area contributed by atoms with Gasteiger partial charge >= 0.3 is 5.97 Å². The second-order valence-corrected chi connectivity index (χ2v) is 16.0. The molecule has 1 aromatic carbocycles. The van der Waals surface area contributed by atoms with Crippen LogP contribution < -0.4 is 54.4 Å². The van der Waals surface area contributed by atoms with E-state index < -0.39 is 108 Å². The SMILES string of the molecule is CC[C@H](C)[C@H](NC(=O)[C@H](CC(N)=O)NC(=O)[C@H](C)NC(=O)[C@H](Cc1ccccc1)NC(=O)[C@H](CC(C)C)NC(=O)[C@H](CCCN=C(N)N)NC(=O)[C@@H](NC(C)=O)C(C)C)C(=O)O. The molecule has 21 nitrogen and oxygen atoms in total. The number of aliphatic imine (C=N–C) groups is 1. The number of nitrogens with zero attached hydrogens (tertiary/aromatic N) is 1. The summed E-state index contributed by atoms with van der Waals surface area (Å²) in [5.74, 6) is -8.70. The van der Waals surface area contributed by atoms with E-state index in [9.17, 15) is 48.3 Å². The minimum absolute atomic E-state index is 0.0498. The largest absolute Gasteiger partial charge is 0.480 e. The van der Waals surface area contributed by atoms with Crippen LogP contribution in [0, 0.1) is 17.8 Å². The van der Waals surface area contributed by atoms with Crippen LogP contribution in [0.2, 0.25) is 0 Å². The molecule has 0 saturated carbocycles. The first-order chi connectivity index (χ1) is 29.0. The van der Waals surface area contributed by atoms with Crippen molar-refractivity contribution in [3.63, 3.8) is 0 Å². The summed E-state index contributed by atoms with van der Waals surface area (Å²) in [7, 11) is 0. The second-order valence-electron chi connectivity index (χ2n) is 16.0. The van der Waals surface area contributed by atoms with Crippen LogP contribution in [0.1, 0.15) is 93.1 Å². The van der Waals surface area contributed by atoms with Crippen molar-refractivity contribution in [3.05, 3.63) is 35.9 Å². The second kappa shape index (κ2) is 26.8. The third-order valence-electron chi connectivity index (χ3n) is 9.71. The van der Waals surface area contributed by atoms with Crippen LogP contribution in [0.4, 0.5) is 0 Å². The van der Waals surface area contributed by atoms with Gasteiger partial charge in [0.25, 0.3) is 0 Å². The predicted octanol–water partition coefficient (Wildman–Crippen LogP) is -1.58. The Kier molecular flexibility index (Phi) is 23.3. The number of nitrogens with one attached hydrogen (secondary N) is 7. The highest BCUT2D eigenvalue weighted by Gasteiger charge is 2.35. The number of carbonyl (C=O) groups excluding carboxylic acids is 8. The molecule has 0 aliphatic carbocycles. The summed E-state index contributed by atoms with van der Waals surface area (Å²) in [6.07, 6.45) is 0.0809. The summed E-state index contributed by atoms with van der Waals surface area (Å²) >= 11 is 0. The molecule has 0 saturated heterocycles. The first-order valence-electron chi connectivity index (χ1n) is 20.7. The molecule has 0 spiro atoms. The first-order valence-corrected chi connectivity index (χ1v) is 20.7. The molecule has 62 heavy (non-hydrogen) atoms. The molecule has 0 heterocycles. The molecule has 0 aromatic heterocycles. The van der Waals surface area contributed by atoms with E-state index in [0.29, 0.717) is 12.0 Å². The Bertz CT molecular complexity index is 1740. The zero-order valence-corrected chi connectivity index (χ0v) is 36.9. The Hall–Kier alpha value is -6.28. The van der Waals surface area contributed by atoms with E-state index in [2.05, 4.69) is 42.2 Å². The molecule has 0 aliphatic heterocycles. The first kappa shape index (κ1) is 53.7. The zero-order chi connectivity index (χ0) is 47.3. The number of carbonyl (C=O) groups is 9. The number of carboxylic acid groups (broad SMARTS) is 1. The normalized spacial score (nSPS) is 14.9. The van der Waals surface area contributed by atoms with Gasteiger partial charge in [0.2, 0.25) is 47.3 Å². The van der Waals surface area contributed by atoms with Gasteiger partial charge in [-0.25, -0.2) is 4.79 Å². The fourth-order valence-corrected chi connectivity index (χ4v) is 6.12. The van der Waals surface area contributed by atoms with Gasteiger partial charge in [-0.1, -0.05) is 78.3 Å². The maximum atomic E-state index is 14.1. The van der Waals surface area contributed by atoms with Gasteiger partial charge in [-0.2, -0.15) is 0 Å². The lowest BCUT2D eigenvalue weighted by molar-refractivity contribution is -0.144. The maximum absolute atomic E-state index is 14.1. The predicted molar refractivity (Wildman–Crippen MR) is 230 cm³/mol. The highest BCUT2D eigenvalue weighted by molar-refractivity contribution is 5.98. The number of hydrogen-bond donors (Lipinski definition) is 11. The number of hydrogen-bond acceptors (Lipinski definition) is 10. The van der Waals surface area contributed by atoms with Gasteiger partial charge in [0, 0.05) is 19.9 Å². The minimum Gasteiger partial charge on any atom is -0.480 e. The molecular weight excluding hydrogens is 807 g/mol. The summed E-state index contributed by atoms with van der Waals surface area (Å²) in [4.78, 5) is 121. The minimum atomic E-state index is -1.58. The standard InChI is InChI=1S/C41H67N11O10/c1-9-23(6)33(40(61)62)52-38(59)30(20-31(42)54)49-34(55)24(7)46-36(57)29(19-26-14-11-10-12-15-26)51-37(58)28(18-21(2)3)50-35(56)27(16-13-17-45-41(43)44)48-39(60)32(22(4)5)47-25(8)53/h10-12,14-15,21-24,27-30,32-33H,9,13,16-20H2,1-8H3,(H2,42,54)(H,46,57)(H,47,53)(H,48,60)(H,49,55)(H,50,56)(H,51,58)(H,52,59)(H,61,62)(H4,43,44,45)/t23-,24-,27-,28-,29-,30-,32-,33-/m0/s1. The van der Waals surface area contributed by atoms with Gasteiger partial charge in [-0.3, -0.25) is 43.3 Å². The maximum Gasteiger partial charge on any atom is 0.326 e. The molecule has 8 atom stereocenters. The Morgan fingerprint density at radius 3 is 1.69 bits per heavy atom. The van der Waals surface area contributed by atoms with Gasteiger partial charge in [-0.15, -0.1) is 0 Å². The average Bonchev–Trinajstić information content (AvgIpc) is 3.18. The fourth-order valence-electron chi connectivity index (χ4n) is 6.12. The molecule has 0 fully saturated rings. The molecule has 0 radical (unpaired) electrons. The van der Waals surface area contributed by atoms with E-state index in [4.69, 9.17) is 17.2 Å². The molecule has 14 N–H and O–H groups in total. The van der Waals surface area contributed by atoms with Crippen LogP contribution >= 0.6 is 0 Å². The van der Waals surface area contributed by atoms with Gasteiger partial charge in [0.1, 0.15) is 42.3 Å². The summed E-state index contributed by atoms with van der Waals surface area (Å²) in [6, 6.07) is -0.321. The fraction of sp³-hybridized carbons (Fsp3) is 0.610. The Balaban J connectivity index is 3.40. The highest BCUT2D eigenvalue weighted by Crippen LogP contribution is 2.12. The smallest absolute Gasteiger partial charge is 0.326 e. The molecule has 21 heteroatoms. The van der Waals surface area contributed by atoms with E-state index >= 15 is 0 Å². The van der Waals surface area contributed by atoms with Crippen LogP contribution in [0.25, 0.3) is 0 Å². The van der Waals surface area contributed by atoms with E-state index in [-0.39, 0.29) is 50.0 Å². The molecule has 8 amide bonds. The summed E-state index contributed by atoms with van der Waals surface area (Å²) in [6.45, 7) is 13.1. The van der Waals surface area contributed by atoms with Crippen LogP contribution in [0.15, 0.2) is 35.3 Å². The van der Waals surface area contributed by atoms with E-state index in [1.54, 1.807) is 58.0 Å². The van der Waals surface area contributed by atoms with Gasteiger partial charge < -0.3 is 59.5 Å². The number of aliphatic carboxylic acids is 1.